The Bertz CT molecular complexity index is 719. The van der Waals surface area contributed by atoms with Gasteiger partial charge < -0.3 is 4.74 Å². The molecule has 1 aromatic rings. The van der Waals surface area contributed by atoms with Crippen molar-refractivity contribution < 1.29 is 24.0 Å². The highest BCUT2D eigenvalue weighted by Gasteiger charge is 2.60. The van der Waals surface area contributed by atoms with Crippen LogP contribution in [0, 0.1) is 5.92 Å². The van der Waals surface area contributed by atoms with Crippen LogP contribution in [0.3, 0.4) is 0 Å². The number of para-hydroxylation sites is 1. The topological polar surface area (TPSA) is 76.2 Å². The first-order chi connectivity index (χ1) is 11.6. The second-order valence-corrected chi connectivity index (χ2v) is 6.28. The number of ether oxygens (including phenoxy) is 1. The van der Waals surface area contributed by atoms with Crippen molar-refractivity contribution in [3.05, 3.63) is 29.8 Å². The molecule has 3 atom stereocenters. The van der Waals surface area contributed by atoms with Gasteiger partial charge in [-0.1, -0.05) is 18.6 Å². The van der Waals surface area contributed by atoms with Gasteiger partial charge in [-0.05, 0) is 25.0 Å². The van der Waals surface area contributed by atoms with E-state index in [1.165, 1.54) is 7.11 Å². The minimum Gasteiger partial charge on any atom is -0.465 e. The van der Waals surface area contributed by atoms with E-state index in [0.717, 1.165) is 30.7 Å². The number of hydroxylamine groups is 2. The number of anilines is 1. The third-order valence-corrected chi connectivity index (χ3v) is 5.01. The fraction of sp³-hybridized carbons (Fsp3) is 0.471. The average molecular weight is 330 g/mol. The van der Waals surface area contributed by atoms with Gasteiger partial charge in [0, 0.05) is 6.54 Å². The third-order valence-electron chi connectivity index (χ3n) is 5.01. The van der Waals surface area contributed by atoms with Crippen LogP contribution in [-0.2, 0) is 19.2 Å². The van der Waals surface area contributed by atoms with Gasteiger partial charge in [0.2, 0.25) is 5.91 Å². The van der Waals surface area contributed by atoms with Crippen LogP contribution >= 0.6 is 0 Å². The summed E-state index contributed by atoms with van der Waals surface area (Å²) in [6, 6.07) is 6.42. The molecule has 0 aliphatic carbocycles. The Balaban J connectivity index is 1.71. The van der Waals surface area contributed by atoms with E-state index in [2.05, 4.69) is 0 Å². The average Bonchev–Trinajstić information content (AvgIpc) is 3.11. The summed E-state index contributed by atoms with van der Waals surface area (Å²) in [5.74, 6) is -1.78. The van der Waals surface area contributed by atoms with E-state index >= 15 is 0 Å². The first-order valence-electron chi connectivity index (χ1n) is 8.12. The maximum atomic E-state index is 13.0. The highest BCUT2D eigenvalue weighted by atomic mass is 16.7. The van der Waals surface area contributed by atoms with E-state index < -0.39 is 23.9 Å². The zero-order chi connectivity index (χ0) is 16.8. The first kappa shape index (κ1) is 15.3. The Morgan fingerprint density at radius 1 is 1.21 bits per heavy atom. The molecule has 3 heterocycles. The summed E-state index contributed by atoms with van der Waals surface area (Å²) in [6.45, 7) is 0.747. The maximum Gasteiger partial charge on any atom is 0.339 e. The van der Waals surface area contributed by atoms with Gasteiger partial charge in [0.05, 0.1) is 30.3 Å². The number of fused-ring (bicyclic) bond motifs is 3. The summed E-state index contributed by atoms with van der Waals surface area (Å²) in [5.41, 5.74) is 0.460. The van der Waals surface area contributed by atoms with Crippen LogP contribution in [0.2, 0.25) is 0 Å². The summed E-state index contributed by atoms with van der Waals surface area (Å²) >= 11 is 0. The second kappa shape index (κ2) is 5.68. The van der Waals surface area contributed by atoms with E-state index in [1.54, 1.807) is 29.3 Å². The molecule has 0 saturated carbocycles. The van der Waals surface area contributed by atoms with Crippen LogP contribution in [0.4, 0.5) is 5.69 Å². The Hall–Kier alpha value is -2.25. The minimum absolute atomic E-state index is 0.0597. The van der Waals surface area contributed by atoms with Crippen molar-refractivity contribution in [1.82, 2.24) is 5.06 Å². The second-order valence-electron chi connectivity index (χ2n) is 6.28. The number of imide groups is 1. The minimum atomic E-state index is -0.786. The Labute approximate surface area is 139 Å². The number of benzene rings is 1. The number of amides is 2. The number of carbonyl (C=O) groups is 3. The lowest BCUT2D eigenvalue weighted by Gasteiger charge is -2.30. The number of esters is 1. The lowest BCUT2D eigenvalue weighted by atomic mass is 9.90. The third kappa shape index (κ3) is 2.08. The van der Waals surface area contributed by atoms with Crippen LogP contribution in [0.1, 0.15) is 29.6 Å². The molecule has 4 rings (SSSR count). The maximum absolute atomic E-state index is 13.0. The van der Waals surface area contributed by atoms with Crippen molar-refractivity contribution in [3.63, 3.8) is 0 Å². The number of methoxy groups -OCH3 is 1. The van der Waals surface area contributed by atoms with Crippen molar-refractivity contribution in [2.75, 3.05) is 18.6 Å². The first-order valence-corrected chi connectivity index (χ1v) is 8.12. The van der Waals surface area contributed by atoms with Crippen molar-refractivity contribution in [2.24, 2.45) is 5.92 Å². The van der Waals surface area contributed by atoms with Gasteiger partial charge >= 0.3 is 5.97 Å². The largest absolute Gasteiger partial charge is 0.465 e. The Kier molecular flexibility index (Phi) is 3.62. The van der Waals surface area contributed by atoms with Gasteiger partial charge in [0.25, 0.3) is 5.91 Å². The van der Waals surface area contributed by atoms with Gasteiger partial charge in [-0.3, -0.25) is 14.4 Å². The fourth-order valence-corrected chi connectivity index (χ4v) is 3.90. The zero-order valence-corrected chi connectivity index (χ0v) is 13.3. The van der Waals surface area contributed by atoms with Crippen LogP contribution in [0.5, 0.6) is 0 Å². The van der Waals surface area contributed by atoms with E-state index in [0.29, 0.717) is 0 Å². The summed E-state index contributed by atoms with van der Waals surface area (Å²) in [4.78, 5) is 44.6. The molecule has 0 aromatic heterocycles. The normalized spacial score (nSPS) is 29.5. The van der Waals surface area contributed by atoms with Gasteiger partial charge in [-0.15, -0.1) is 0 Å². The molecule has 24 heavy (non-hydrogen) atoms. The van der Waals surface area contributed by atoms with Gasteiger partial charge in [0.15, 0.2) is 6.10 Å². The van der Waals surface area contributed by atoms with Gasteiger partial charge in [0.1, 0.15) is 0 Å². The smallest absolute Gasteiger partial charge is 0.339 e. The molecule has 7 nitrogen and oxygen atoms in total. The molecule has 7 heteroatoms. The van der Waals surface area contributed by atoms with E-state index in [4.69, 9.17) is 9.57 Å². The lowest BCUT2D eigenvalue weighted by Crippen LogP contribution is -2.42. The number of piperidine rings is 1. The van der Waals surface area contributed by atoms with Crippen LogP contribution < -0.4 is 4.90 Å². The van der Waals surface area contributed by atoms with Crippen molar-refractivity contribution in [1.29, 1.82) is 0 Å². The van der Waals surface area contributed by atoms with Crippen molar-refractivity contribution in [2.45, 2.75) is 31.4 Å². The Morgan fingerprint density at radius 2 is 2.00 bits per heavy atom. The number of hydrogen-bond donors (Lipinski definition) is 0. The van der Waals surface area contributed by atoms with Crippen LogP contribution in [0.25, 0.3) is 0 Å². The molecule has 3 aliphatic rings. The number of carbonyl (C=O) groups excluding carboxylic acids is 3. The van der Waals surface area contributed by atoms with E-state index in [9.17, 15) is 14.4 Å². The van der Waals surface area contributed by atoms with Crippen LogP contribution in [0.15, 0.2) is 24.3 Å². The van der Waals surface area contributed by atoms with Gasteiger partial charge in [-0.25, -0.2) is 9.69 Å². The predicted molar refractivity (Wildman–Crippen MR) is 83.0 cm³/mol. The molecule has 3 saturated heterocycles. The molecule has 3 aliphatic heterocycles. The predicted octanol–water partition coefficient (Wildman–Crippen LogP) is 1.13. The number of nitrogens with zero attached hydrogens (tertiary/aromatic N) is 2. The number of hydrogen-bond acceptors (Lipinski definition) is 6. The molecule has 126 valence electrons. The molecular weight excluding hydrogens is 312 g/mol. The summed E-state index contributed by atoms with van der Waals surface area (Å²) in [7, 11) is 1.27. The summed E-state index contributed by atoms with van der Waals surface area (Å²) in [6.07, 6.45) is 2.08. The molecule has 0 bridgehead atoms. The molecule has 3 fully saturated rings. The van der Waals surface area contributed by atoms with E-state index in [-0.39, 0.29) is 23.2 Å². The molecule has 0 radical (unpaired) electrons. The highest BCUT2D eigenvalue weighted by Crippen LogP contribution is 2.42. The molecule has 3 unspecified atom stereocenters. The molecule has 0 spiro atoms. The van der Waals surface area contributed by atoms with Crippen molar-refractivity contribution in [3.8, 4) is 0 Å². The Morgan fingerprint density at radius 3 is 2.79 bits per heavy atom. The van der Waals surface area contributed by atoms with Crippen molar-refractivity contribution >= 4 is 23.5 Å². The summed E-state index contributed by atoms with van der Waals surface area (Å²) in [5, 5.41) is 1.79. The quantitative estimate of drug-likeness (QED) is 0.598. The monoisotopic (exact) mass is 330 g/mol. The molecule has 0 N–H and O–H groups in total. The molecular formula is C17H18N2O5. The standard InChI is InChI=1S/C17H18N2O5/c1-23-17(22)10-6-2-3-7-11(10)19-15(20)13-12-8-4-5-9-18(12)24-14(13)16(19)21/h2-3,6-7,12-14H,4-5,8-9H2,1H3. The molecule has 2 amide bonds. The SMILES string of the molecule is COC(=O)c1ccccc1N1C(=O)C2ON3CCCCC3C2C1=O. The lowest BCUT2D eigenvalue weighted by molar-refractivity contribution is -0.177. The van der Waals surface area contributed by atoms with Gasteiger partial charge in [-0.2, -0.15) is 5.06 Å². The number of rotatable bonds is 2. The molecule has 1 aromatic carbocycles. The van der Waals surface area contributed by atoms with E-state index in [1.807, 2.05) is 0 Å². The fourth-order valence-electron chi connectivity index (χ4n) is 3.90. The van der Waals surface area contributed by atoms with Crippen LogP contribution in [-0.4, -0.2) is 48.6 Å². The summed E-state index contributed by atoms with van der Waals surface area (Å²) < 4.78 is 4.76. The zero-order valence-electron chi connectivity index (χ0n) is 13.3. The highest BCUT2D eigenvalue weighted by molar-refractivity contribution is 6.25.